The van der Waals surface area contributed by atoms with E-state index in [2.05, 4.69) is 15.4 Å². The second-order valence-corrected chi connectivity index (χ2v) is 4.87. The molecule has 2 aromatic rings. The van der Waals surface area contributed by atoms with Gasteiger partial charge in [-0.15, -0.1) is 13.2 Å². The van der Waals surface area contributed by atoms with Gasteiger partial charge in [0.2, 0.25) is 0 Å². The molecule has 0 heterocycles. The summed E-state index contributed by atoms with van der Waals surface area (Å²) in [6, 6.07) is 10.2. The molecule has 0 aliphatic carbocycles. The smallest absolute Gasteiger partial charge is 0.406 e. The monoisotopic (exact) mass is 358 g/mol. The average molecular weight is 358 g/mol. The Bertz CT molecular complexity index is 765. The molecule has 2 aromatic carbocycles. The Kier molecular flexibility index (Phi) is 5.35. The standard InChI is InChI=1S/C15H10F4N2O2S/c16-12-7-2-1-6-11(12)13(22)21-14(24)20-9-4-3-5-10(8-9)23-15(17,18)19/h1-8H,(H2,20,21,22,24). The van der Waals surface area contributed by atoms with Crippen molar-refractivity contribution in [3.05, 3.63) is 59.9 Å². The number of amides is 1. The highest BCUT2D eigenvalue weighted by molar-refractivity contribution is 7.80. The van der Waals surface area contributed by atoms with E-state index >= 15 is 0 Å². The maximum absolute atomic E-state index is 13.5. The molecule has 0 spiro atoms. The van der Waals surface area contributed by atoms with E-state index in [1.807, 2.05) is 0 Å². The van der Waals surface area contributed by atoms with E-state index in [1.54, 1.807) is 0 Å². The summed E-state index contributed by atoms with van der Waals surface area (Å²) in [7, 11) is 0. The molecular formula is C15H10F4N2O2S. The van der Waals surface area contributed by atoms with E-state index in [4.69, 9.17) is 12.2 Å². The second kappa shape index (κ2) is 7.26. The number of halogens is 4. The third kappa shape index (κ3) is 5.20. The number of alkyl halides is 3. The maximum Gasteiger partial charge on any atom is 0.573 e. The number of carbonyl (C=O) groups excluding carboxylic acids is 1. The van der Waals surface area contributed by atoms with Crippen LogP contribution < -0.4 is 15.4 Å². The van der Waals surface area contributed by atoms with Gasteiger partial charge in [-0.3, -0.25) is 10.1 Å². The van der Waals surface area contributed by atoms with Crippen LogP contribution in [0, 0.1) is 5.82 Å². The molecule has 1 amide bonds. The Morgan fingerprint density at radius 2 is 1.79 bits per heavy atom. The first-order chi connectivity index (χ1) is 11.2. The minimum Gasteiger partial charge on any atom is -0.406 e. The Morgan fingerprint density at radius 1 is 1.08 bits per heavy atom. The average Bonchev–Trinajstić information content (AvgIpc) is 2.45. The molecule has 0 unspecified atom stereocenters. The largest absolute Gasteiger partial charge is 0.573 e. The van der Waals surface area contributed by atoms with Crippen molar-refractivity contribution in [2.24, 2.45) is 0 Å². The SMILES string of the molecule is O=C(NC(=S)Nc1cccc(OC(F)(F)F)c1)c1ccccc1F. The zero-order valence-corrected chi connectivity index (χ0v) is 12.7. The summed E-state index contributed by atoms with van der Waals surface area (Å²) in [4.78, 5) is 11.9. The number of hydrogen-bond donors (Lipinski definition) is 2. The Hall–Kier alpha value is -2.68. The molecule has 0 aliphatic rings. The van der Waals surface area contributed by atoms with E-state index in [0.717, 1.165) is 18.2 Å². The molecule has 0 fully saturated rings. The molecule has 0 radical (unpaired) electrons. The van der Waals surface area contributed by atoms with Gasteiger partial charge in [-0.05, 0) is 36.5 Å². The Balaban J connectivity index is 2.01. The number of anilines is 1. The number of thiocarbonyl (C=S) groups is 1. The molecule has 0 saturated heterocycles. The van der Waals surface area contributed by atoms with E-state index in [-0.39, 0.29) is 16.4 Å². The highest BCUT2D eigenvalue weighted by atomic mass is 32.1. The molecule has 0 aliphatic heterocycles. The van der Waals surface area contributed by atoms with Crippen LogP contribution in [0.3, 0.4) is 0 Å². The lowest BCUT2D eigenvalue weighted by atomic mass is 10.2. The third-order valence-electron chi connectivity index (χ3n) is 2.67. The normalized spacial score (nSPS) is 10.8. The summed E-state index contributed by atoms with van der Waals surface area (Å²) in [5.74, 6) is -1.96. The number of benzene rings is 2. The first kappa shape index (κ1) is 17.7. The fourth-order valence-corrected chi connectivity index (χ4v) is 1.96. The molecule has 0 atom stereocenters. The predicted molar refractivity (Wildman–Crippen MR) is 83.2 cm³/mol. The van der Waals surface area contributed by atoms with Crippen molar-refractivity contribution in [3.63, 3.8) is 0 Å². The molecule has 2 N–H and O–H groups in total. The van der Waals surface area contributed by atoms with Gasteiger partial charge in [0.05, 0.1) is 5.56 Å². The lowest BCUT2D eigenvalue weighted by Gasteiger charge is -2.12. The van der Waals surface area contributed by atoms with Gasteiger partial charge >= 0.3 is 6.36 Å². The molecule has 0 saturated carbocycles. The Morgan fingerprint density at radius 3 is 2.46 bits per heavy atom. The van der Waals surface area contributed by atoms with Gasteiger partial charge in [0.25, 0.3) is 5.91 Å². The minimum atomic E-state index is -4.82. The number of ether oxygens (including phenoxy) is 1. The fraction of sp³-hybridized carbons (Fsp3) is 0.0667. The highest BCUT2D eigenvalue weighted by Crippen LogP contribution is 2.25. The van der Waals surface area contributed by atoms with E-state index < -0.39 is 23.8 Å². The van der Waals surface area contributed by atoms with Crippen molar-refractivity contribution in [2.75, 3.05) is 5.32 Å². The van der Waals surface area contributed by atoms with E-state index in [0.29, 0.717) is 0 Å². The molecule has 126 valence electrons. The molecule has 9 heteroatoms. The van der Waals surface area contributed by atoms with Crippen LogP contribution in [-0.4, -0.2) is 17.4 Å². The van der Waals surface area contributed by atoms with Crippen molar-refractivity contribution in [1.29, 1.82) is 0 Å². The number of rotatable bonds is 3. The van der Waals surface area contributed by atoms with Crippen LogP contribution >= 0.6 is 12.2 Å². The van der Waals surface area contributed by atoms with Crippen LogP contribution in [-0.2, 0) is 0 Å². The quantitative estimate of drug-likeness (QED) is 0.646. The third-order valence-corrected chi connectivity index (χ3v) is 2.88. The zero-order chi connectivity index (χ0) is 17.7. The van der Waals surface area contributed by atoms with Crippen LogP contribution in [0.2, 0.25) is 0 Å². The fourth-order valence-electron chi connectivity index (χ4n) is 1.75. The van der Waals surface area contributed by atoms with Gasteiger partial charge in [0, 0.05) is 11.8 Å². The van der Waals surface area contributed by atoms with Crippen molar-refractivity contribution in [3.8, 4) is 5.75 Å². The molecular weight excluding hydrogens is 348 g/mol. The maximum atomic E-state index is 13.5. The van der Waals surface area contributed by atoms with Gasteiger partial charge in [0.15, 0.2) is 5.11 Å². The number of nitrogens with one attached hydrogen (secondary N) is 2. The van der Waals surface area contributed by atoms with Crippen LogP contribution in [0.25, 0.3) is 0 Å². The van der Waals surface area contributed by atoms with Crippen molar-refractivity contribution in [1.82, 2.24) is 5.32 Å². The van der Waals surface area contributed by atoms with Crippen molar-refractivity contribution < 1.29 is 27.1 Å². The zero-order valence-electron chi connectivity index (χ0n) is 11.9. The van der Waals surface area contributed by atoms with Crippen LogP contribution in [0.15, 0.2) is 48.5 Å². The van der Waals surface area contributed by atoms with Gasteiger partial charge < -0.3 is 10.1 Å². The molecule has 0 bridgehead atoms. The summed E-state index contributed by atoms with van der Waals surface area (Å²) in [6.45, 7) is 0. The van der Waals surface area contributed by atoms with E-state index in [1.165, 1.54) is 30.3 Å². The van der Waals surface area contributed by atoms with Crippen molar-refractivity contribution in [2.45, 2.75) is 6.36 Å². The van der Waals surface area contributed by atoms with Gasteiger partial charge in [-0.25, -0.2) is 4.39 Å². The highest BCUT2D eigenvalue weighted by Gasteiger charge is 2.31. The van der Waals surface area contributed by atoms with Crippen molar-refractivity contribution >= 4 is 28.9 Å². The summed E-state index contributed by atoms with van der Waals surface area (Å²) >= 11 is 4.88. The van der Waals surface area contributed by atoms with E-state index in [9.17, 15) is 22.4 Å². The summed E-state index contributed by atoms with van der Waals surface area (Å²) in [5.41, 5.74) is -0.0496. The molecule has 4 nitrogen and oxygen atoms in total. The number of carbonyl (C=O) groups is 1. The van der Waals surface area contributed by atoms with Gasteiger partial charge in [-0.2, -0.15) is 0 Å². The summed E-state index contributed by atoms with van der Waals surface area (Å²) in [6.07, 6.45) is -4.82. The van der Waals surface area contributed by atoms with Gasteiger partial charge in [-0.1, -0.05) is 18.2 Å². The molecule has 0 aromatic heterocycles. The lowest BCUT2D eigenvalue weighted by Crippen LogP contribution is -2.34. The second-order valence-electron chi connectivity index (χ2n) is 4.46. The minimum absolute atomic E-state index is 0.163. The molecule has 2 rings (SSSR count). The van der Waals surface area contributed by atoms with Gasteiger partial charge in [0.1, 0.15) is 11.6 Å². The predicted octanol–water partition coefficient (Wildman–Crippen LogP) is 3.85. The summed E-state index contributed by atoms with van der Waals surface area (Å²) < 4.78 is 53.8. The van der Waals surface area contributed by atoms with Crippen LogP contribution in [0.5, 0.6) is 5.75 Å². The van der Waals surface area contributed by atoms with Crippen LogP contribution in [0.1, 0.15) is 10.4 Å². The van der Waals surface area contributed by atoms with Crippen LogP contribution in [0.4, 0.5) is 23.2 Å². The summed E-state index contributed by atoms with van der Waals surface area (Å²) in [5, 5.41) is 4.55. The number of hydrogen-bond acceptors (Lipinski definition) is 3. The first-order valence-electron chi connectivity index (χ1n) is 6.47. The topological polar surface area (TPSA) is 50.4 Å². The first-order valence-corrected chi connectivity index (χ1v) is 6.88. The lowest BCUT2D eigenvalue weighted by molar-refractivity contribution is -0.274. The molecule has 24 heavy (non-hydrogen) atoms. The Labute approximate surface area is 139 Å².